The van der Waals surface area contributed by atoms with Gasteiger partial charge in [-0.15, -0.1) is 11.3 Å². The fraction of sp³-hybridized carbons (Fsp3) is 0.222. The van der Waals surface area contributed by atoms with E-state index in [1.54, 1.807) is 12.3 Å². The lowest BCUT2D eigenvalue weighted by molar-refractivity contribution is 0.190. The molecule has 3 aromatic heterocycles. The average Bonchev–Trinajstić information content (AvgIpc) is 3.55. The van der Waals surface area contributed by atoms with E-state index in [0.29, 0.717) is 45.1 Å². The van der Waals surface area contributed by atoms with Crippen molar-refractivity contribution < 1.29 is 28.5 Å². The number of hydrogen-bond acceptors (Lipinski definition) is 9. The predicted molar refractivity (Wildman–Crippen MR) is 144 cm³/mol. The number of ether oxygens (including phenoxy) is 3. The lowest BCUT2D eigenvalue weighted by Gasteiger charge is -2.22. The third kappa shape index (κ3) is 4.42. The molecule has 198 valence electrons. The van der Waals surface area contributed by atoms with Gasteiger partial charge < -0.3 is 19.3 Å². The molecule has 1 atom stereocenters. The van der Waals surface area contributed by atoms with E-state index in [-0.39, 0.29) is 18.2 Å². The van der Waals surface area contributed by atoms with Crippen LogP contribution in [0.5, 0.6) is 17.5 Å². The molecule has 0 saturated heterocycles. The molecule has 1 amide bonds. The number of hydrogen-bond donors (Lipinski definition) is 1. The van der Waals surface area contributed by atoms with Gasteiger partial charge in [0.2, 0.25) is 11.8 Å². The van der Waals surface area contributed by atoms with Crippen LogP contribution in [0.25, 0.3) is 31.8 Å². The topological polar surface area (TPSA) is 120 Å². The van der Waals surface area contributed by atoms with Gasteiger partial charge in [-0.2, -0.15) is 0 Å². The van der Waals surface area contributed by atoms with Crippen LogP contribution in [0.3, 0.4) is 0 Å². The zero-order valence-corrected chi connectivity index (χ0v) is 22.0. The lowest BCUT2D eigenvalue weighted by atomic mass is 10.1. The number of amides is 1. The molecule has 39 heavy (non-hydrogen) atoms. The number of rotatable bonds is 6. The molecule has 0 saturated carbocycles. The van der Waals surface area contributed by atoms with Crippen molar-refractivity contribution in [2.24, 2.45) is 0 Å². The fourth-order valence-corrected chi connectivity index (χ4v) is 5.84. The van der Waals surface area contributed by atoms with Crippen LogP contribution in [0.15, 0.2) is 42.7 Å². The number of halogens is 1. The summed E-state index contributed by atoms with van der Waals surface area (Å²) in [4.78, 5) is 31.0. The molecule has 5 aromatic rings. The maximum absolute atomic E-state index is 15.2. The van der Waals surface area contributed by atoms with Crippen LogP contribution >= 0.6 is 11.3 Å². The van der Waals surface area contributed by atoms with Crippen molar-refractivity contribution in [1.29, 1.82) is 0 Å². The van der Waals surface area contributed by atoms with Crippen LogP contribution in [0, 0.1) is 12.7 Å². The van der Waals surface area contributed by atoms with Crippen molar-refractivity contribution in [3.8, 4) is 28.1 Å². The number of thiazole rings is 1. The Bertz CT molecular complexity index is 1760. The minimum Gasteiger partial charge on any atom is -0.485 e. The molecule has 0 fully saturated rings. The summed E-state index contributed by atoms with van der Waals surface area (Å²) >= 11 is 1.41. The van der Waals surface area contributed by atoms with E-state index in [9.17, 15) is 9.90 Å². The molecule has 2 aromatic carbocycles. The minimum absolute atomic E-state index is 0.0102. The molecule has 0 spiro atoms. The van der Waals surface area contributed by atoms with E-state index in [1.807, 2.05) is 19.1 Å². The number of pyridine rings is 1. The van der Waals surface area contributed by atoms with Gasteiger partial charge in [0, 0.05) is 35.9 Å². The Kier molecular flexibility index (Phi) is 6.10. The first-order chi connectivity index (χ1) is 18.8. The monoisotopic (exact) mass is 547 g/mol. The molecule has 0 unspecified atom stereocenters. The predicted octanol–water partition coefficient (Wildman–Crippen LogP) is 5.25. The highest BCUT2D eigenvalue weighted by Gasteiger charge is 2.33. The van der Waals surface area contributed by atoms with E-state index >= 15 is 4.39 Å². The van der Waals surface area contributed by atoms with Gasteiger partial charge in [-0.3, -0.25) is 4.90 Å². The third-order valence-corrected chi connectivity index (χ3v) is 7.63. The Balaban J connectivity index is 1.36. The van der Waals surface area contributed by atoms with Crippen molar-refractivity contribution in [2.45, 2.75) is 19.4 Å². The van der Waals surface area contributed by atoms with Gasteiger partial charge in [0.15, 0.2) is 11.6 Å². The zero-order valence-electron chi connectivity index (χ0n) is 21.1. The number of anilines is 1. The molecule has 10 nitrogen and oxygen atoms in total. The summed E-state index contributed by atoms with van der Waals surface area (Å²) < 4.78 is 32.2. The highest BCUT2D eigenvalue weighted by Crippen LogP contribution is 2.43. The summed E-state index contributed by atoms with van der Waals surface area (Å²) in [5.74, 6) is 0.278. The number of methoxy groups -OCH3 is 2. The lowest BCUT2D eigenvalue weighted by Crippen LogP contribution is -2.38. The Hall–Kier alpha value is -4.58. The van der Waals surface area contributed by atoms with E-state index in [0.717, 1.165) is 20.7 Å². The van der Waals surface area contributed by atoms with Crippen molar-refractivity contribution in [2.75, 3.05) is 25.7 Å². The van der Waals surface area contributed by atoms with Crippen LogP contribution < -0.4 is 19.1 Å². The van der Waals surface area contributed by atoms with Crippen molar-refractivity contribution in [3.05, 3.63) is 59.7 Å². The Morgan fingerprint density at radius 2 is 1.97 bits per heavy atom. The van der Waals surface area contributed by atoms with Crippen LogP contribution in [0.2, 0.25) is 0 Å². The maximum Gasteiger partial charge on any atom is 0.411 e. The number of carboxylic acid groups (broad SMARTS) is 1. The smallest absolute Gasteiger partial charge is 0.411 e. The zero-order chi connectivity index (χ0) is 27.3. The molecule has 1 aliphatic rings. The van der Waals surface area contributed by atoms with Gasteiger partial charge >= 0.3 is 6.09 Å². The number of carbonyl (C=O) groups is 1. The van der Waals surface area contributed by atoms with E-state index in [4.69, 9.17) is 19.2 Å². The first-order valence-electron chi connectivity index (χ1n) is 12.0. The number of aryl methyl sites for hydroxylation is 1. The third-order valence-electron chi connectivity index (χ3n) is 6.46. The molecule has 1 N–H and O–H groups in total. The first-order valence-corrected chi connectivity index (χ1v) is 12.8. The fourth-order valence-electron chi connectivity index (χ4n) is 4.73. The highest BCUT2D eigenvalue weighted by atomic mass is 32.1. The van der Waals surface area contributed by atoms with Gasteiger partial charge in [0.25, 0.3) is 0 Å². The quantitative estimate of drug-likeness (QED) is 0.304. The molecule has 0 bridgehead atoms. The normalized spacial score (nSPS) is 14.3. The number of aromatic nitrogens is 4. The standard InChI is InChI=1S/C27H22FN5O5S/c1-13-6-16(23-19(7-13)31-22(37-3)11-30-23)26-32-20-10-18(28)24-17(25(20)39-26)9-15(38-24)12-33(27(34)35)14-4-5-29-21(8-14)36-2/h4-8,10-11,15H,9,12H2,1-3H3,(H,34,35)/t15-/m1/s1. The second-order valence-electron chi connectivity index (χ2n) is 9.02. The van der Waals surface area contributed by atoms with Gasteiger partial charge in [-0.05, 0) is 30.7 Å². The first kappa shape index (κ1) is 24.7. The van der Waals surface area contributed by atoms with E-state index < -0.39 is 18.0 Å². The number of fused-ring (bicyclic) bond motifs is 4. The Morgan fingerprint density at radius 3 is 2.74 bits per heavy atom. The maximum atomic E-state index is 15.2. The van der Waals surface area contributed by atoms with Crippen LogP contribution in [0.4, 0.5) is 14.9 Å². The summed E-state index contributed by atoms with van der Waals surface area (Å²) in [5, 5.41) is 10.5. The summed E-state index contributed by atoms with van der Waals surface area (Å²) in [5.41, 5.74) is 4.64. The molecule has 6 rings (SSSR count). The molecule has 12 heteroatoms. The number of benzene rings is 2. The van der Waals surface area contributed by atoms with Gasteiger partial charge in [-0.1, -0.05) is 0 Å². The minimum atomic E-state index is -1.17. The second kappa shape index (κ2) is 9.62. The molecular formula is C27H22FN5O5S. The summed E-state index contributed by atoms with van der Waals surface area (Å²) in [6.45, 7) is 1.95. The van der Waals surface area contributed by atoms with Crippen LogP contribution in [0.1, 0.15) is 11.1 Å². The average molecular weight is 548 g/mol. The van der Waals surface area contributed by atoms with E-state index in [2.05, 4.69) is 15.0 Å². The summed E-state index contributed by atoms with van der Waals surface area (Å²) in [7, 11) is 2.99. The number of nitrogens with zero attached hydrogens (tertiary/aromatic N) is 5. The molecule has 1 aliphatic heterocycles. The van der Waals surface area contributed by atoms with Crippen molar-refractivity contribution in [1.82, 2.24) is 19.9 Å². The summed E-state index contributed by atoms with van der Waals surface area (Å²) in [6.07, 6.45) is 1.57. The van der Waals surface area contributed by atoms with Crippen LogP contribution in [-0.4, -0.2) is 58.0 Å². The molecule has 4 heterocycles. The molecule has 0 aliphatic carbocycles. The van der Waals surface area contributed by atoms with Gasteiger partial charge in [0.05, 0.1) is 53.9 Å². The van der Waals surface area contributed by atoms with Crippen molar-refractivity contribution >= 4 is 44.4 Å². The Labute approximate surface area is 225 Å². The molecule has 0 radical (unpaired) electrons. The van der Waals surface area contributed by atoms with E-state index in [1.165, 1.54) is 43.9 Å². The highest BCUT2D eigenvalue weighted by molar-refractivity contribution is 7.22. The second-order valence-corrected chi connectivity index (χ2v) is 10.0. The molecular weight excluding hydrogens is 525 g/mol. The Morgan fingerprint density at radius 1 is 1.15 bits per heavy atom. The van der Waals surface area contributed by atoms with Crippen LogP contribution in [-0.2, 0) is 6.42 Å². The van der Waals surface area contributed by atoms with Gasteiger partial charge in [-0.25, -0.2) is 29.1 Å². The van der Waals surface area contributed by atoms with Crippen molar-refractivity contribution in [3.63, 3.8) is 0 Å². The van der Waals surface area contributed by atoms with Gasteiger partial charge in [0.1, 0.15) is 11.1 Å². The largest absolute Gasteiger partial charge is 0.485 e. The summed E-state index contributed by atoms with van der Waals surface area (Å²) in [6, 6.07) is 8.34. The SMILES string of the molecule is COc1cc(N(C[C@H]2Cc3c(c(F)cc4nc(-c5cc(C)cc6nc(OC)cnc56)sc34)O2)C(=O)O)ccn1.